The summed E-state index contributed by atoms with van der Waals surface area (Å²) in [6, 6.07) is 0. The molecule has 5 heteroatoms. The van der Waals surface area contributed by atoms with Crippen molar-refractivity contribution in [1.82, 2.24) is 9.80 Å². The average Bonchev–Trinajstić information content (AvgIpc) is 2.61. The van der Waals surface area contributed by atoms with E-state index >= 15 is 0 Å². The lowest BCUT2D eigenvalue weighted by molar-refractivity contribution is -0.145. The Balaban J connectivity index is 2.39. The van der Waals surface area contributed by atoms with Crippen LogP contribution in [0.1, 0.15) is 53.4 Å². The van der Waals surface area contributed by atoms with Crippen molar-refractivity contribution in [1.29, 1.82) is 0 Å². The Morgan fingerprint density at radius 1 is 1.17 bits per heavy atom. The molecule has 0 radical (unpaired) electrons. The fraction of sp³-hybridized carbons (Fsp3) is 0.944. The van der Waals surface area contributed by atoms with Crippen LogP contribution in [0.25, 0.3) is 0 Å². The number of amides is 1. The highest BCUT2D eigenvalue weighted by atomic mass is 16.5. The van der Waals surface area contributed by atoms with Gasteiger partial charge >= 0.3 is 0 Å². The maximum atomic E-state index is 12.8. The Kier molecular flexibility index (Phi) is 9.10. The van der Waals surface area contributed by atoms with Gasteiger partial charge in [0.15, 0.2) is 0 Å². The van der Waals surface area contributed by atoms with Crippen LogP contribution in [0.4, 0.5) is 0 Å². The van der Waals surface area contributed by atoms with E-state index in [2.05, 4.69) is 32.6 Å². The van der Waals surface area contributed by atoms with Crippen LogP contribution >= 0.6 is 0 Å². The molecule has 0 bridgehead atoms. The van der Waals surface area contributed by atoms with Crippen molar-refractivity contribution < 1.29 is 9.53 Å². The lowest BCUT2D eigenvalue weighted by Crippen LogP contribution is -2.51. The summed E-state index contributed by atoms with van der Waals surface area (Å²) in [5, 5.41) is 0. The Bertz CT molecular complexity index is 325. The molecule has 1 amide bonds. The predicted octanol–water partition coefficient (Wildman–Crippen LogP) is 2.10. The van der Waals surface area contributed by atoms with Crippen LogP contribution < -0.4 is 5.73 Å². The van der Waals surface area contributed by atoms with Crippen LogP contribution in [0.15, 0.2) is 0 Å². The van der Waals surface area contributed by atoms with Crippen LogP contribution in [0, 0.1) is 5.41 Å². The zero-order chi connectivity index (χ0) is 17.3. The first kappa shape index (κ1) is 20.4. The summed E-state index contributed by atoms with van der Waals surface area (Å²) >= 11 is 0. The van der Waals surface area contributed by atoms with Gasteiger partial charge in [0, 0.05) is 26.2 Å². The lowest BCUT2D eigenvalue weighted by Gasteiger charge is -2.39. The molecule has 1 aliphatic heterocycles. The van der Waals surface area contributed by atoms with Crippen molar-refractivity contribution in [2.75, 3.05) is 45.9 Å². The monoisotopic (exact) mass is 327 g/mol. The van der Waals surface area contributed by atoms with Crippen molar-refractivity contribution >= 4 is 5.91 Å². The van der Waals surface area contributed by atoms with Crippen molar-refractivity contribution in [3.8, 4) is 0 Å². The molecule has 1 heterocycles. The van der Waals surface area contributed by atoms with Gasteiger partial charge in [-0.3, -0.25) is 4.79 Å². The highest BCUT2D eigenvalue weighted by Crippen LogP contribution is 2.29. The minimum atomic E-state index is -0.365. The number of carbonyl (C=O) groups excluding carboxylic acids is 1. The van der Waals surface area contributed by atoms with E-state index in [1.54, 1.807) is 0 Å². The van der Waals surface area contributed by atoms with Crippen LogP contribution in [-0.2, 0) is 9.53 Å². The normalized spacial score (nSPS) is 17.0. The number of likely N-dealkylation sites (N-methyl/N-ethyl adjacent to an activating group) is 1. The summed E-state index contributed by atoms with van der Waals surface area (Å²) in [6.07, 6.45) is 3.82. The molecule has 0 aromatic heterocycles. The van der Waals surface area contributed by atoms with Crippen LogP contribution in [0.2, 0.25) is 0 Å². The molecule has 0 aliphatic carbocycles. The fourth-order valence-electron chi connectivity index (χ4n) is 3.38. The largest absolute Gasteiger partial charge is 0.377 e. The van der Waals surface area contributed by atoms with Crippen LogP contribution in [-0.4, -0.2) is 67.7 Å². The molecule has 1 aliphatic rings. The molecule has 1 rings (SSSR count). The van der Waals surface area contributed by atoms with Crippen molar-refractivity contribution in [3.63, 3.8) is 0 Å². The number of hydrogen-bond acceptors (Lipinski definition) is 4. The van der Waals surface area contributed by atoms with Gasteiger partial charge in [0.05, 0.1) is 18.1 Å². The van der Waals surface area contributed by atoms with Crippen LogP contribution in [0.5, 0.6) is 0 Å². The highest BCUT2D eigenvalue weighted by Gasteiger charge is 2.38. The first-order chi connectivity index (χ1) is 11.1. The second-order valence-corrected chi connectivity index (χ2v) is 6.58. The van der Waals surface area contributed by atoms with Gasteiger partial charge < -0.3 is 20.3 Å². The van der Waals surface area contributed by atoms with Crippen molar-refractivity contribution in [2.45, 2.75) is 59.5 Å². The van der Waals surface area contributed by atoms with Gasteiger partial charge in [-0.15, -0.1) is 0 Å². The molecule has 0 atom stereocenters. The van der Waals surface area contributed by atoms with E-state index in [9.17, 15) is 4.79 Å². The second kappa shape index (κ2) is 10.3. The van der Waals surface area contributed by atoms with Crippen LogP contribution in [0.3, 0.4) is 0 Å². The third-order valence-corrected chi connectivity index (χ3v) is 5.58. The first-order valence-corrected chi connectivity index (χ1v) is 9.40. The van der Waals surface area contributed by atoms with Gasteiger partial charge in [-0.25, -0.2) is 0 Å². The maximum absolute atomic E-state index is 12.8. The molecule has 0 aromatic rings. The SMILES string of the molecule is CCN(CC)CCOC1CCN(C(=O)C(CC)(CC)CN)CC1. The molecule has 0 spiro atoms. The smallest absolute Gasteiger partial charge is 0.230 e. The highest BCUT2D eigenvalue weighted by molar-refractivity contribution is 5.83. The molecule has 0 saturated carbocycles. The Morgan fingerprint density at radius 2 is 1.74 bits per heavy atom. The topological polar surface area (TPSA) is 58.8 Å². The Hall–Kier alpha value is -0.650. The number of rotatable bonds is 10. The Morgan fingerprint density at radius 3 is 2.17 bits per heavy atom. The molecule has 1 saturated heterocycles. The zero-order valence-electron chi connectivity index (χ0n) is 15.6. The van der Waals surface area contributed by atoms with E-state index in [0.717, 1.165) is 65.0 Å². The lowest BCUT2D eigenvalue weighted by atomic mass is 9.80. The van der Waals surface area contributed by atoms with Gasteiger partial charge in [0.1, 0.15) is 0 Å². The molecule has 136 valence electrons. The summed E-state index contributed by atoms with van der Waals surface area (Å²) < 4.78 is 6.01. The minimum absolute atomic E-state index is 0.242. The van der Waals surface area contributed by atoms with E-state index < -0.39 is 0 Å². The zero-order valence-corrected chi connectivity index (χ0v) is 15.6. The number of hydrogen-bond donors (Lipinski definition) is 1. The third-order valence-electron chi connectivity index (χ3n) is 5.58. The van der Waals surface area contributed by atoms with Gasteiger partial charge in [0.25, 0.3) is 0 Å². The van der Waals surface area contributed by atoms with Gasteiger partial charge in [-0.1, -0.05) is 27.7 Å². The van der Waals surface area contributed by atoms with Gasteiger partial charge in [-0.2, -0.15) is 0 Å². The number of likely N-dealkylation sites (tertiary alicyclic amines) is 1. The van der Waals surface area contributed by atoms with Crippen molar-refractivity contribution in [3.05, 3.63) is 0 Å². The number of nitrogens with zero attached hydrogens (tertiary/aromatic N) is 2. The molecule has 2 N–H and O–H groups in total. The van der Waals surface area contributed by atoms with E-state index in [1.165, 1.54) is 0 Å². The number of ether oxygens (including phenoxy) is 1. The summed E-state index contributed by atoms with van der Waals surface area (Å²) in [5.74, 6) is 0.242. The molecule has 0 unspecified atom stereocenters. The average molecular weight is 328 g/mol. The molecule has 1 fully saturated rings. The summed E-state index contributed by atoms with van der Waals surface area (Å²) in [6.45, 7) is 14.5. The second-order valence-electron chi connectivity index (χ2n) is 6.58. The standard InChI is InChI=1S/C18H37N3O2/c1-5-18(6-2,15-19)17(22)21-11-9-16(10-12-21)23-14-13-20(7-3)8-4/h16H,5-15,19H2,1-4H3. The van der Waals surface area contributed by atoms with E-state index in [4.69, 9.17) is 10.5 Å². The van der Waals surface area contributed by atoms with E-state index in [-0.39, 0.29) is 11.3 Å². The molecule has 0 aromatic carbocycles. The number of carbonyl (C=O) groups is 1. The van der Waals surface area contributed by atoms with Gasteiger partial charge in [-0.05, 0) is 38.8 Å². The molecular formula is C18H37N3O2. The number of piperidine rings is 1. The van der Waals surface area contributed by atoms with Gasteiger partial charge in [0.2, 0.25) is 5.91 Å². The maximum Gasteiger partial charge on any atom is 0.230 e. The van der Waals surface area contributed by atoms with E-state index in [1.807, 2.05) is 4.90 Å². The summed E-state index contributed by atoms with van der Waals surface area (Å²) in [5.41, 5.74) is 5.54. The van der Waals surface area contributed by atoms with E-state index in [0.29, 0.717) is 12.6 Å². The fourth-order valence-corrected chi connectivity index (χ4v) is 3.38. The quantitative estimate of drug-likeness (QED) is 0.667. The molecule has 23 heavy (non-hydrogen) atoms. The third kappa shape index (κ3) is 5.44. The summed E-state index contributed by atoms with van der Waals surface area (Å²) in [7, 11) is 0. The minimum Gasteiger partial charge on any atom is -0.377 e. The Labute approximate surface area is 142 Å². The first-order valence-electron chi connectivity index (χ1n) is 9.40. The summed E-state index contributed by atoms with van der Waals surface area (Å²) in [4.78, 5) is 17.2. The predicted molar refractivity (Wildman–Crippen MR) is 95.4 cm³/mol. The molecular weight excluding hydrogens is 290 g/mol. The molecule has 5 nitrogen and oxygen atoms in total. The number of nitrogens with two attached hydrogens (primary N) is 1. The van der Waals surface area contributed by atoms with Crippen molar-refractivity contribution in [2.24, 2.45) is 11.1 Å².